The Bertz CT molecular complexity index is 562. The number of nitrogens with two attached hydrogens (primary N) is 1. The average Bonchev–Trinajstić information content (AvgIpc) is 2.43. The summed E-state index contributed by atoms with van der Waals surface area (Å²) in [7, 11) is -3.58. The minimum Gasteiger partial charge on any atom is -0.382 e. The third-order valence-corrected chi connectivity index (χ3v) is 5.65. The number of hydrogen-bond donors (Lipinski definition) is 2. The average molecular weight is 337 g/mol. The van der Waals surface area contributed by atoms with Crippen LogP contribution >= 0.6 is 23.4 Å². The van der Waals surface area contributed by atoms with Crippen LogP contribution in [-0.4, -0.2) is 56.0 Å². The molecule has 2 heterocycles. The zero-order valence-electron chi connectivity index (χ0n) is 10.9. The summed E-state index contributed by atoms with van der Waals surface area (Å²) in [5, 5.41) is 0.140. The number of anilines is 1. The van der Waals surface area contributed by atoms with Crippen molar-refractivity contribution < 1.29 is 8.42 Å². The van der Waals surface area contributed by atoms with Gasteiger partial charge < -0.3 is 10.6 Å². The van der Waals surface area contributed by atoms with Crippen molar-refractivity contribution in [3.8, 4) is 0 Å². The number of nitrogen functional groups attached to an aromatic ring is 1. The van der Waals surface area contributed by atoms with Gasteiger partial charge in [-0.05, 0) is 6.07 Å². The number of pyridine rings is 1. The lowest BCUT2D eigenvalue weighted by Gasteiger charge is -2.25. The Labute approximate surface area is 128 Å². The van der Waals surface area contributed by atoms with Crippen molar-refractivity contribution in [2.24, 2.45) is 0 Å². The fourth-order valence-electron chi connectivity index (χ4n) is 1.82. The predicted octanol–water partition coefficient (Wildman–Crippen LogP) is 0.644. The van der Waals surface area contributed by atoms with Gasteiger partial charge in [0.2, 0.25) is 10.0 Å². The Morgan fingerprint density at radius 1 is 1.45 bits per heavy atom. The van der Waals surface area contributed by atoms with Gasteiger partial charge in [0.1, 0.15) is 10.7 Å². The van der Waals surface area contributed by atoms with Crippen LogP contribution in [0, 0.1) is 0 Å². The van der Waals surface area contributed by atoms with Crippen molar-refractivity contribution in [1.82, 2.24) is 14.6 Å². The molecule has 0 spiro atoms. The Morgan fingerprint density at radius 3 is 2.80 bits per heavy atom. The summed E-state index contributed by atoms with van der Waals surface area (Å²) >= 11 is 7.71. The quantitative estimate of drug-likeness (QED) is 0.820. The van der Waals surface area contributed by atoms with Crippen LogP contribution in [0.5, 0.6) is 0 Å². The van der Waals surface area contributed by atoms with Crippen molar-refractivity contribution in [2.75, 3.05) is 43.4 Å². The van der Waals surface area contributed by atoms with E-state index in [0.29, 0.717) is 13.1 Å². The van der Waals surface area contributed by atoms with E-state index in [1.54, 1.807) is 0 Å². The number of rotatable bonds is 5. The van der Waals surface area contributed by atoms with E-state index in [1.807, 2.05) is 11.8 Å². The van der Waals surface area contributed by atoms with Crippen LogP contribution in [0.15, 0.2) is 17.2 Å². The summed E-state index contributed by atoms with van der Waals surface area (Å²) in [5.41, 5.74) is 5.46. The van der Waals surface area contributed by atoms with Crippen molar-refractivity contribution in [3.63, 3.8) is 0 Å². The van der Waals surface area contributed by atoms with E-state index in [0.717, 1.165) is 24.6 Å². The first kappa shape index (κ1) is 15.8. The molecule has 1 aliphatic rings. The third kappa shape index (κ3) is 4.23. The summed E-state index contributed by atoms with van der Waals surface area (Å²) in [5.74, 6) is 2.32. The molecule has 20 heavy (non-hydrogen) atoms. The molecule has 6 nitrogen and oxygen atoms in total. The first-order chi connectivity index (χ1) is 9.49. The van der Waals surface area contributed by atoms with Crippen LogP contribution < -0.4 is 10.5 Å². The maximum absolute atomic E-state index is 12.1. The molecule has 1 fully saturated rings. The summed E-state index contributed by atoms with van der Waals surface area (Å²) in [4.78, 5) is 6.03. The van der Waals surface area contributed by atoms with E-state index in [9.17, 15) is 8.42 Å². The summed E-state index contributed by atoms with van der Waals surface area (Å²) in [6, 6.07) is 1.31. The monoisotopic (exact) mass is 336 g/mol. The van der Waals surface area contributed by atoms with Crippen molar-refractivity contribution in [2.45, 2.75) is 4.90 Å². The van der Waals surface area contributed by atoms with Gasteiger partial charge in [-0.3, -0.25) is 0 Å². The minimum atomic E-state index is -3.58. The van der Waals surface area contributed by atoms with E-state index in [-0.39, 0.29) is 15.7 Å². The normalized spacial score (nSPS) is 17.2. The molecule has 0 aliphatic carbocycles. The van der Waals surface area contributed by atoms with Crippen LogP contribution in [0.2, 0.25) is 5.02 Å². The number of sulfonamides is 1. The summed E-state index contributed by atoms with van der Waals surface area (Å²) < 4.78 is 26.7. The van der Waals surface area contributed by atoms with Gasteiger partial charge >= 0.3 is 0 Å². The Balaban J connectivity index is 1.91. The molecule has 1 aromatic heterocycles. The SMILES string of the molecule is Nc1ncc(S(=O)(=O)NCCN2CCSCC2)cc1Cl. The highest BCUT2D eigenvalue weighted by molar-refractivity contribution is 7.99. The van der Waals surface area contributed by atoms with Crippen LogP contribution in [0.1, 0.15) is 0 Å². The molecule has 0 saturated carbocycles. The standard InChI is InChI=1S/C11H17ClN4O2S2/c12-10-7-9(8-14-11(10)13)20(17,18)15-1-2-16-3-5-19-6-4-16/h7-8,15H,1-6H2,(H2,13,14). The molecule has 112 valence electrons. The highest BCUT2D eigenvalue weighted by atomic mass is 35.5. The second kappa shape index (κ2) is 6.95. The number of hydrogen-bond acceptors (Lipinski definition) is 6. The number of halogens is 1. The van der Waals surface area contributed by atoms with Crippen LogP contribution in [0.25, 0.3) is 0 Å². The first-order valence-electron chi connectivity index (χ1n) is 6.20. The highest BCUT2D eigenvalue weighted by Gasteiger charge is 2.17. The van der Waals surface area contributed by atoms with E-state index in [2.05, 4.69) is 14.6 Å². The molecule has 3 N–H and O–H groups in total. The molecular formula is C11H17ClN4O2S2. The smallest absolute Gasteiger partial charge is 0.242 e. The van der Waals surface area contributed by atoms with Crippen LogP contribution in [0.3, 0.4) is 0 Å². The lowest BCUT2D eigenvalue weighted by Crippen LogP contribution is -2.39. The lowest BCUT2D eigenvalue weighted by atomic mass is 10.4. The number of nitrogens with zero attached hydrogens (tertiary/aromatic N) is 2. The fourth-order valence-corrected chi connectivity index (χ4v) is 4.03. The molecule has 1 aromatic rings. The predicted molar refractivity (Wildman–Crippen MR) is 82.6 cm³/mol. The summed E-state index contributed by atoms with van der Waals surface area (Å²) in [6.07, 6.45) is 1.21. The molecule has 0 radical (unpaired) electrons. The van der Waals surface area contributed by atoms with E-state index >= 15 is 0 Å². The van der Waals surface area contributed by atoms with Gasteiger partial charge in [0, 0.05) is 43.9 Å². The molecule has 0 aromatic carbocycles. The van der Waals surface area contributed by atoms with Gasteiger partial charge in [0.15, 0.2) is 0 Å². The molecule has 0 amide bonds. The third-order valence-electron chi connectivity index (χ3n) is 2.98. The molecule has 0 unspecified atom stereocenters. The molecule has 1 saturated heterocycles. The van der Waals surface area contributed by atoms with Gasteiger partial charge in [-0.2, -0.15) is 11.8 Å². The van der Waals surface area contributed by atoms with Crippen molar-refractivity contribution in [1.29, 1.82) is 0 Å². The van der Waals surface area contributed by atoms with Crippen LogP contribution in [-0.2, 0) is 10.0 Å². The van der Waals surface area contributed by atoms with Crippen molar-refractivity contribution >= 4 is 39.2 Å². The highest BCUT2D eigenvalue weighted by Crippen LogP contribution is 2.19. The lowest BCUT2D eigenvalue weighted by molar-refractivity contribution is 0.307. The second-order valence-electron chi connectivity index (χ2n) is 4.39. The van der Waals surface area contributed by atoms with E-state index < -0.39 is 10.0 Å². The molecule has 1 aliphatic heterocycles. The second-order valence-corrected chi connectivity index (χ2v) is 7.79. The molecule has 0 atom stereocenters. The fraction of sp³-hybridized carbons (Fsp3) is 0.545. The largest absolute Gasteiger partial charge is 0.382 e. The zero-order valence-corrected chi connectivity index (χ0v) is 13.3. The first-order valence-corrected chi connectivity index (χ1v) is 9.21. The van der Waals surface area contributed by atoms with Gasteiger partial charge in [-0.25, -0.2) is 18.1 Å². The number of thioether (sulfide) groups is 1. The van der Waals surface area contributed by atoms with Crippen molar-refractivity contribution in [3.05, 3.63) is 17.3 Å². The topological polar surface area (TPSA) is 88.3 Å². The maximum Gasteiger partial charge on any atom is 0.242 e. The van der Waals surface area contributed by atoms with Gasteiger partial charge in [0.25, 0.3) is 0 Å². The Morgan fingerprint density at radius 2 is 2.15 bits per heavy atom. The van der Waals surface area contributed by atoms with Gasteiger partial charge in [-0.1, -0.05) is 11.6 Å². The van der Waals surface area contributed by atoms with Gasteiger partial charge in [0.05, 0.1) is 5.02 Å². The molecule has 9 heteroatoms. The molecular weight excluding hydrogens is 320 g/mol. The minimum absolute atomic E-state index is 0.0332. The summed E-state index contributed by atoms with van der Waals surface area (Å²) in [6.45, 7) is 3.08. The van der Waals surface area contributed by atoms with E-state index in [1.165, 1.54) is 12.3 Å². The van der Waals surface area contributed by atoms with E-state index in [4.69, 9.17) is 17.3 Å². The Kier molecular flexibility index (Phi) is 5.50. The number of aromatic nitrogens is 1. The number of nitrogens with one attached hydrogen (secondary N) is 1. The van der Waals surface area contributed by atoms with Crippen LogP contribution in [0.4, 0.5) is 5.82 Å². The molecule has 0 bridgehead atoms. The zero-order chi connectivity index (χ0) is 14.6. The Hall–Kier alpha value is -0.540. The molecule has 2 rings (SSSR count). The maximum atomic E-state index is 12.1. The van der Waals surface area contributed by atoms with Gasteiger partial charge in [-0.15, -0.1) is 0 Å².